The average molecular weight is 306 g/mol. The lowest BCUT2D eigenvalue weighted by Crippen LogP contribution is -2.34. The molecule has 3 nitrogen and oxygen atoms in total. The van der Waals surface area contributed by atoms with E-state index in [9.17, 15) is 8.42 Å². The van der Waals surface area contributed by atoms with Crippen molar-refractivity contribution < 1.29 is 8.42 Å². The van der Waals surface area contributed by atoms with Gasteiger partial charge in [-0.2, -0.15) is 0 Å². The normalized spacial score (nSPS) is 14.1. The molecule has 0 radical (unpaired) electrons. The molecular weight excluding hydrogens is 290 g/mol. The number of halogens is 1. The fourth-order valence-electron chi connectivity index (χ4n) is 1.23. The Balaban J connectivity index is 3.00. The molecule has 0 fully saturated rings. The van der Waals surface area contributed by atoms with E-state index in [1.54, 1.807) is 24.3 Å². The zero-order valence-electron chi connectivity index (χ0n) is 9.35. The lowest BCUT2D eigenvalue weighted by atomic mass is 10.1. The van der Waals surface area contributed by atoms with E-state index < -0.39 is 9.84 Å². The molecular formula is C11H16BrNO2S. The average Bonchev–Trinajstić information content (AvgIpc) is 2.17. The minimum Gasteiger partial charge on any atom is -0.327 e. The van der Waals surface area contributed by atoms with Gasteiger partial charge in [-0.05, 0) is 34.0 Å². The summed E-state index contributed by atoms with van der Waals surface area (Å²) in [5.74, 6) is 0.130. The van der Waals surface area contributed by atoms with Crippen molar-refractivity contribution >= 4 is 25.8 Å². The van der Waals surface area contributed by atoms with Crippen molar-refractivity contribution in [3.05, 3.63) is 28.7 Å². The Bertz CT molecular complexity index is 457. The maximum Gasteiger partial charge on any atom is 0.181 e. The molecule has 90 valence electrons. The van der Waals surface area contributed by atoms with Crippen LogP contribution in [0.2, 0.25) is 0 Å². The van der Waals surface area contributed by atoms with Crippen LogP contribution in [0.3, 0.4) is 0 Å². The summed E-state index contributed by atoms with van der Waals surface area (Å²) in [5.41, 5.74) is 5.80. The standard InChI is InChI=1S/C11H16BrNO2S/c1-8(2)10(13)7-16(14,15)11-6-4-3-5-9(11)12/h3-6,8,10H,7,13H2,1-2H3. The molecule has 1 aromatic rings. The van der Waals surface area contributed by atoms with Crippen LogP contribution in [0.1, 0.15) is 13.8 Å². The first kappa shape index (κ1) is 13.7. The van der Waals surface area contributed by atoms with E-state index in [0.29, 0.717) is 9.37 Å². The number of nitrogens with two attached hydrogens (primary N) is 1. The molecule has 0 spiro atoms. The summed E-state index contributed by atoms with van der Waals surface area (Å²) in [7, 11) is -3.31. The van der Waals surface area contributed by atoms with Gasteiger partial charge in [-0.15, -0.1) is 0 Å². The molecule has 2 N–H and O–H groups in total. The number of hydrogen-bond acceptors (Lipinski definition) is 3. The summed E-state index contributed by atoms with van der Waals surface area (Å²) < 4.78 is 24.7. The maximum absolute atomic E-state index is 12.1. The third kappa shape index (κ3) is 3.30. The van der Waals surface area contributed by atoms with E-state index in [4.69, 9.17) is 5.73 Å². The van der Waals surface area contributed by atoms with Gasteiger partial charge in [-0.3, -0.25) is 0 Å². The fourth-order valence-corrected chi connectivity index (χ4v) is 3.98. The zero-order valence-corrected chi connectivity index (χ0v) is 11.8. The number of hydrogen-bond donors (Lipinski definition) is 1. The highest BCUT2D eigenvalue weighted by atomic mass is 79.9. The Morgan fingerprint density at radius 1 is 1.31 bits per heavy atom. The quantitative estimate of drug-likeness (QED) is 0.928. The van der Waals surface area contributed by atoms with Gasteiger partial charge in [0.1, 0.15) is 0 Å². The molecule has 1 rings (SSSR count). The molecule has 0 amide bonds. The smallest absolute Gasteiger partial charge is 0.181 e. The molecule has 0 bridgehead atoms. The second-order valence-corrected chi connectivity index (χ2v) is 6.98. The van der Waals surface area contributed by atoms with Gasteiger partial charge in [0, 0.05) is 10.5 Å². The Morgan fingerprint density at radius 3 is 2.38 bits per heavy atom. The van der Waals surface area contributed by atoms with Crippen molar-refractivity contribution in [2.75, 3.05) is 5.75 Å². The highest BCUT2D eigenvalue weighted by Crippen LogP contribution is 2.23. The molecule has 0 saturated carbocycles. The second-order valence-electron chi connectivity index (χ2n) is 4.12. The van der Waals surface area contributed by atoms with Crippen LogP contribution in [0.15, 0.2) is 33.6 Å². The van der Waals surface area contributed by atoms with Crippen molar-refractivity contribution in [3.8, 4) is 0 Å². The minimum absolute atomic E-state index is 0.0206. The Morgan fingerprint density at radius 2 is 1.88 bits per heavy atom. The van der Waals surface area contributed by atoms with E-state index in [1.807, 2.05) is 13.8 Å². The van der Waals surface area contributed by atoms with Crippen LogP contribution < -0.4 is 5.73 Å². The summed E-state index contributed by atoms with van der Waals surface area (Å²) >= 11 is 3.24. The molecule has 0 saturated heterocycles. The van der Waals surface area contributed by atoms with E-state index >= 15 is 0 Å². The van der Waals surface area contributed by atoms with Crippen molar-refractivity contribution in [1.82, 2.24) is 0 Å². The third-order valence-electron chi connectivity index (χ3n) is 2.44. The van der Waals surface area contributed by atoms with E-state index in [2.05, 4.69) is 15.9 Å². The lowest BCUT2D eigenvalue weighted by molar-refractivity contribution is 0.516. The van der Waals surface area contributed by atoms with Gasteiger partial charge in [-0.1, -0.05) is 26.0 Å². The number of rotatable bonds is 4. The monoisotopic (exact) mass is 305 g/mol. The highest BCUT2D eigenvalue weighted by molar-refractivity contribution is 9.10. The van der Waals surface area contributed by atoms with Gasteiger partial charge in [0.25, 0.3) is 0 Å². The van der Waals surface area contributed by atoms with Crippen LogP contribution in [-0.4, -0.2) is 20.2 Å². The van der Waals surface area contributed by atoms with Crippen molar-refractivity contribution in [3.63, 3.8) is 0 Å². The molecule has 0 aliphatic rings. The first-order valence-corrected chi connectivity index (χ1v) is 7.52. The van der Waals surface area contributed by atoms with Gasteiger partial charge < -0.3 is 5.73 Å². The summed E-state index contributed by atoms with van der Waals surface area (Å²) in [4.78, 5) is 0.311. The van der Waals surface area contributed by atoms with Crippen molar-refractivity contribution in [2.45, 2.75) is 24.8 Å². The molecule has 0 aromatic heterocycles. The van der Waals surface area contributed by atoms with Gasteiger partial charge in [0.15, 0.2) is 9.84 Å². The zero-order chi connectivity index (χ0) is 12.3. The SMILES string of the molecule is CC(C)C(N)CS(=O)(=O)c1ccccc1Br. The second kappa shape index (κ2) is 5.29. The first-order chi connectivity index (χ1) is 7.34. The van der Waals surface area contributed by atoms with Crippen molar-refractivity contribution in [2.24, 2.45) is 11.7 Å². The predicted molar refractivity (Wildman–Crippen MR) is 69.0 cm³/mol. The molecule has 0 aliphatic heterocycles. The third-order valence-corrected chi connectivity index (χ3v) is 5.24. The van der Waals surface area contributed by atoms with Gasteiger partial charge >= 0.3 is 0 Å². The van der Waals surface area contributed by atoms with Crippen molar-refractivity contribution in [1.29, 1.82) is 0 Å². The highest BCUT2D eigenvalue weighted by Gasteiger charge is 2.22. The molecule has 16 heavy (non-hydrogen) atoms. The molecule has 0 aliphatic carbocycles. The van der Waals surface area contributed by atoms with Crippen LogP contribution in [0.4, 0.5) is 0 Å². The summed E-state index contributed by atoms with van der Waals surface area (Å²) in [6, 6.07) is 6.46. The summed E-state index contributed by atoms with van der Waals surface area (Å²) in [6.07, 6.45) is 0. The van der Waals surface area contributed by atoms with Gasteiger partial charge in [-0.25, -0.2) is 8.42 Å². The van der Waals surface area contributed by atoms with Crippen LogP contribution in [-0.2, 0) is 9.84 Å². The Hall–Kier alpha value is -0.390. The molecule has 5 heteroatoms. The fraction of sp³-hybridized carbons (Fsp3) is 0.455. The van der Waals surface area contributed by atoms with E-state index in [1.165, 1.54) is 0 Å². The molecule has 1 atom stereocenters. The van der Waals surface area contributed by atoms with E-state index in [-0.39, 0.29) is 17.7 Å². The minimum atomic E-state index is -3.31. The topological polar surface area (TPSA) is 60.2 Å². The molecule has 0 heterocycles. The Kier molecular flexibility index (Phi) is 4.52. The summed E-state index contributed by atoms with van der Waals surface area (Å²) in [5, 5.41) is 0. The molecule has 1 unspecified atom stereocenters. The van der Waals surface area contributed by atoms with Crippen LogP contribution >= 0.6 is 15.9 Å². The summed E-state index contributed by atoms with van der Waals surface area (Å²) in [6.45, 7) is 3.83. The van der Waals surface area contributed by atoms with Gasteiger partial charge in [0.05, 0.1) is 10.6 Å². The predicted octanol–water partition coefficient (Wildman–Crippen LogP) is 2.21. The number of benzene rings is 1. The van der Waals surface area contributed by atoms with E-state index in [0.717, 1.165) is 0 Å². The van der Waals surface area contributed by atoms with Gasteiger partial charge in [0.2, 0.25) is 0 Å². The van der Waals surface area contributed by atoms with Crippen LogP contribution in [0.5, 0.6) is 0 Å². The Labute approximate surface area is 105 Å². The number of sulfone groups is 1. The lowest BCUT2D eigenvalue weighted by Gasteiger charge is -2.16. The maximum atomic E-state index is 12.1. The van der Waals surface area contributed by atoms with Crippen LogP contribution in [0, 0.1) is 5.92 Å². The first-order valence-electron chi connectivity index (χ1n) is 5.07. The molecule has 1 aromatic carbocycles. The largest absolute Gasteiger partial charge is 0.327 e. The van der Waals surface area contributed by atoms with Crippen LogP contribution in [0.25, 0.3) is 0 Å².